The van der Waals surface area contributed by atoms with Gasteiger partial charge in [-0.1, -0.05) is 12.1 Å². The Bertz CT molecular complexity index is 779. The van der Waals surface area contributed by atoms with Crippen LogP contribution in [0.15, 0.2) is 24.3 Å². The Morgan fingerprint density at radius 3 is 2.72 bits per heavy atom. The van der Waals surface area contributed by atoms with Crippen LogP contribution in [0.3, 0.4) is 0 Å². The number of benzene rings is 1. The maximum Gasteiger partial charge on any atom is 0.471 e. The molecule has 3 unspecified atom stereocenters. The summed E-state index contributed by atoms with van der Waals surface area (Å²) in [6.07, 6.45) is -0.0976. The molecule has 2 saturated carbocycles. The molecule has 1 heterocycles. The molecule has 0 radical (unpaired) electrons. The van der Waals surface area contributed by atoms with Crippen LogP contribution in [0.25, 0.3) is 0 Å². The molecule has 3 aliphatic rings. The maximum absolute atomic E-state index is 13.4. The minimum Gasteiger partial charge on any atom is -0.354 e. The Morgan fingerprint density at radius 2 is 2.00 bits per heavy atom. The van der Waals surface area contributed by atoms with Gasteiger partial charge in [-0.2, -0.15) is 13.2 Å². The summed E-state index contributed by atoms with van der Waals surface area (Å²) in [5.74, 6) is -1.52. The van der Waals surface area contributed by atoms with Gasteiger partial charge in [-0.05, 0) is 68.7 Å². The molecule has 1 saturated heterocycles. The maximum atomic E-state index is 13.4. The van der Waals surface area contributed by atoms with Crippen LogP contribution < -0.4 is 15.5 Å². The molecule has 2 amide bonds. The second-order valence-corrected chi connectivity index (χ2v) is 8.37. The molecule has 158 valence electrons. The van der Waals surface area contributed by atoms with Crippen LogP contribution in [-0.4, -0.2) is 43.2 Å². The van der Waals surface area contributed by atoms with Gasteiger partial charge in [-0.3, -0.25) is 14.5 Å². The summed E-state index contributed by atoms with van der Waals surface area (Å²) in [5, 5.41) is 6.15. The lowest BCUT2D eigenvalue weighted by molar-refractivity contribution is -0.171. The van der Waals surface area contributed by atoms with Crippen LogP contribution in [0.2, 0.25) is 0 Å². The van der Waals surface area contributed by atoms with Crippen molar-refractivity contribution in [2.75, 3.05) is 18.0 Å². The average Bonchev–Trinajstić information content (AvgIpc) is 3.56. The van der Waals surface area contributed by atoms with E-state index in [0.29, 0.717) is 30.3 Å². The molecule has 2 aliphatic carbocycles. The van der Waals surface area contributed by atoms with Gasteiger partial charge in [-0.15, -0.1) is 0 Å². The van der Waals surface area contributed by atoms with Crippen LogP contribution in [0.5, 0.6) is 0 Å². The van der Waals surface area contributed by atoms with Crippen molar-refractivity contribution in [3.8, 4) is 0 Å². The van der Waals surface area contributed by atoms with Gasteiger partial charge in [0.25, 0.3) is 0 Å². The molecule has 4 rings (SSSR count). The molecule has 2 N–H and O–H groups in total. The molecule has 1 aromatic carbocycles. The highest BCUT2D eigenvalue weighted by atomic mass is 19.4. The summed E-state index contributed by atoms with van der Waals surface area (Å²) in [4.78, 5) is 25.3. The van der Waals surface area contributed by atoms with E-state index < -0.39 is 24.0 Å². The lowest BCUT2D eigenvalue weighted by atomic mass is 10.0. The predicted molar refractivity (Wildman–Crippen MR) is 103 cm³/mol. The van der Waals surface area contributed by atoms with E-state index in [0.717, 1.165) is 24.4 Å². The number of halogens is 3. The highest BCUT2D eigenvalue weighted by Crippen LogP contribution is 2.43. The lowest BCUT2D eigenvalue weighted by Crippen LogP contribution is -2.53. The van der Waals surface area contributed by atoms with Crippen LogP contribution >= 0.6 is 0 Å². The van der Waals surface area contributed by atoms with Crippen molar-refractivity contribution >= 4 is 17.5 Å². The third-order valence-corrected chi connectivity index (χ3v) is 6.01. The van der Waals surface area contributed by atoms with Gasteiger partial charge in [0.2, 0.25) is 5.91 Å². The first-order valence-corrected chi connectivity index (χ1v) is 10.4. The van der Waals surface area contributed by atoms with Crippen molar-refractivity contribution in [3.63, 3.8) is 0 Å². The molecule has 3 atom stereocenters. The molecular weight excluding hydrogens is 383 g/mol. The summed E-state index contributed by atoms with van der Waals surface area (Å²) in [6.45, 7) is 1.40. The van der Waals surface area contributed by atoms with E-state index in [-0.39, 0.29) is 18.0 Å². The number of alkyl halides is 3. The smallest absolute Gasteiger partial charge is 0.354 e. The molecule has 0 bridgehead atoms. The van der Waals surface area contributed by atoms with E-state index in [1.54, 1.807) is 12.1 Å². The molecule has 1 aliphatic heterocycles. The summed E-state index contributed by atoms with van der Waals surface area (Å²) < 4.78 is 40.1. The monoisotopic (exact) mass is 409 g/mol. The van der Waals surface area contributed by atoms with Crippen molar-refractivity contribution < 1.29 is 22.8 Å². The van der Waals surface area contributed by atoms with E-state index in [1.807, 2.05) is 6.07 Å². The van der Waals surface area contributed by atoms with Gasteiger partial charge in [-0.25, -0.2) is 0 Å². The largest absolute Gasteiger partial charge is 0.471 e. The summed E-state index contributed by atoms with van der Waals surface area (Å²) >= 11 is 0. The third kappa shape index (κ3) is 4.74. The fourth-order valence-electron chi connectivity index (χ4n) is 4.08. The first kappa shape index (κ1) is 20.2. The standard InChI is InChI=1S/C21H26F3N3O2/c22-21(23,24)20(29)27(18-6-1-2-9-25-19(18)28)15-5-3-4-14(10-15)16-11-17(16)26-12-13-7-8-13/h3-5,10,13,16-18,26H,1-2,6-9,11-12H2,(H,25,28). The number of hydrogen-bond donors (Lipinski definition) is 2. The number of nitrogens with zero attached hydrogens (tertiary/aromatic N) is 1. The minimum atomic E-state index is -5.05. The highest BCUT2D eigenvalue weighted by Gasteiger charge is 2.47. The van der Waals surface area contributed by atoms with Gasteiger partial charge < -0.3 is 10.6 Å². The van der Waals surface area contributed by atoms with Gasteiger partial charge in [0.15, 0.2) is 0 Å². The molecule has 1 aromatic rings. The second-order valence-electron chi connectivity index (χ2n) is 8.37. The first-order valence-electron chi connectivity index (χ1n) is 10.4. The van der Waals surface area contributed by atoms with Crippen molar-refractivity contribution in [2.24, 2.45) is 5.92 Å². The second kappa shape index (κ2) is 7.97. The molecule has 29 heavy (non-hydrogen) atoms. The number of rotatable bonds is 6. The van der Waals surface area contributed by atoms with E-state index in [9.17, 15) is 22.8 Å². The quantitative estimate of drug-likeness (QED) is 0.759. The molecular formula is C21H26F3N3O2. The normalized spacial score (nSPS) is 27.1. The number of carbonyl (C=O) groups excluding carboxylic acids is 2. The van der Waals surface area contributed by atoms with Gasteiger partial charge in [0, 0.05) is 24.2 Å². The SMILES string of the molecule is O=C1NCCCCC1N(C(=O)C(F)(F)F)c1cccc(C2CC2NCC2CC2)c1. The van der Waals surface area contributed by atoms with E-state index >= 15 is 0 Å². The van der Waals surface area contributed by atoms with Crippen LogP contribution in [0, 0.1) is 5.92 Å². The molecule has 0 aromatic heterocycles. The minimum absolute atomic E-state index is 0.139. The van der Waals surface area contributed by atoms with Crippen LogP contribution in [0.4, 0.5) is 18.9 Å². The first-order chi connectivity index (χ1) is 13.8. The van der Waals surface area contributed by atoms with Gasteiger partial charge in [0.1, 0.15) is 6.04 Å². The Labute approximate surface area is 168 Å². The van der Waals surface area contributed by atoms with Gasteiger partial charge in [0.05, 0.1) is 0 Å². The predicted octanol–water partition coefficient (Wildman–Crippen LogP) is 3.11. The zero-order valence-electron chi connectivity index (χ0n) is 16.2. The number of amides is 2. The zero-order chi connectivity index (χ0) is 20.6. The molecule has 5 nitrogen and oxygen atoms in total. The summed E-state index contributed by atoms with van der Waals surface area (Å²) in [5.41, 5.74) is 1.05. The number of anilines is 1. The van der Waals surface area contributed by atoms with Crippen molar-refractivity contribution in [2.45, 2.75) is 62.7 Å². The molecule has 3 fully saturated rings. The lowest BCUT2D eigenvalue weighted by Gasteiger charge is -2.31. The van der Waals surface area contributed by atoms with Crippen molar-refractivity contribution in [1.82, 2.24) is 10.6 Å². The van der Waals surface area contributed by atoms with Crippen LogP contribution in [0.1, 0.15) is 50.0 Å². The average molecular weight is 409 g/mol. The fraction of sp³-hybridized carbons (Fsp3) is 0.619. The zero-order valence-corrected chi connectivity index (χ0v) is 16.2. The Balaban J connectivity index is 1.57. The van der Waals surface area contributed by atoms with E-state index in [1.165, 1.54) is 18.9 Å². The Kier molecular flexibility index (Phi) is 5.55. The van der Waals surface area contributed by atoms with Crippen molar-refractivity contribution in [1.29, 1.82) is 0 Å². The van der Waals surface area contributed by atoms with Crippen LogP contribution in [-0.2, 0) is 9.59 Å². The number of nitrogens with one attached hydrogen (secondary N) is 2. The van der Waals surface area contributed by atoms with E-state index in [4.69, 9.17) is 0 Å². The molecule has 0 spiro atoms. The summed E-state index contributed by atoms with van der Waals surface area (Å²) in [7, 11) is 0. The number of hydrogen-bond acceptors (Lipinski definition) is 3. The Morgan fingerprint density at radius 1 is 1.21 bits per heavy atom. The summed E-state index contributed by atoms with van der Waals surface area (Å²) in [6, 6.07) is 5.87. The highest BCUT2D eigenvalue weighted by molar-refractivity contribution is 6.03. The number of carbonyl (C=O) groups is 2. The van der Waals surface area contributed by atoms with Gasteiger partial charge >= 0.3 is 12.1 Å². The third-order valence-electron chi connectivity index (χ3n) is 6.01. The van der Waals surface area contributed by atoms with E-state index in [2.05, 4.69) is 10.6 Å². The fourth-order valence-corrected chi connectivity index (χ4v) is 4.08. The van der Waals surface area contributed by atoms with Crippen molar-refractivity contribution in [3.05, 3.63) is 29.8 Å². The Hall–Kier alpha value is -2.09. The topological polar surface area (TPSA) is 61.4 Å². The molecule has 8 heteroatoms.